The van der Waals surface area contributed by atoms with Gasteiger partial charge in [0, 0.05) is 18.7 Å². The molecule has 0 radical (unpaired) electrons. The van der Waals surface area contributed by atoms with Gasteiger partial charge in [-0.15, -0.1) is 0 Å². The zero-order chi connectivity index (χ0) is 18.8. The number of ether oxygens (including phenoxy) is 2. The molecule has 140 valence electrons. The predicted octanol–water partition coefficient (Wildman–Crippen LogP) is 3.57. The van der Waals surface area contributed by atoms with E-state index in [9.17, 15) is 4.79 Å². The predicted molar refractivity (Wildman–Crippen MR) is 103 cm³/mol. The molecule has 0 amide bonds. The summed E-state index contributed by atoms with van der Waals surface area (Å²) < 4.78 is 11.5. The SMILES string of the molecule is CN1CCC(=C2c3ccccc3COc3ccc(OCC(=O)O)cc32)CC1. The monoisotopic (exact) mass is 365 g/mol. The van der Waals surface area contributed by atoms with Gasteiger partial charge in [-0.05, 0) is 54.8 Å². The van der Waals surface area contributed by atoms with Gasteiger partial charge >= 0.3 is 5.97 Å². The number of carboxylic acid groups (broad SMARTS) is 1. The van der Waals surface area contributed by atoms with Crippen LogP contribution in [0.5, 0.6) is 11.5 Å². The number of hydrogen-bond donors (Lipinski definition) is 1. The highest BCUT2D eigenvalue weighted by Crippen LogP contribution is 2.42. The van der Waals surface area contributed by atoms with E-state index in [2.05, 4.69) is 30.1 Å². The zero-order valence-electron chi connectivity index (χ0n) is 15.4. The second kappa shape index (κ2) is 7.45. The number of carbonyl (C=O) groups is 1. The van der Waals surface area contributed by atoms with E-state index in [0.29, 0.717) is 12.4 Å². The summed E-state index contributed by atoms with van der Waals surface area (Å²) >= 11 is 0. The van der Waals surface area contributed by atoms with E-state index in [4.69, 9.17) is 14.6 Å². The van der Waals surface area contributed by atoms with Gasteiger partial charge in [0.2, 0.25) is 0 Å². The van der Waals surface area contributed by atoms with Crippen LogP contribution in [0.4, 0.5) is 0 Å². The summed E-state index contributed by atoms with van der Waals surface area (Å²) in [6.45, 7) is 2.24. The van der Waals surface area contributed by atoms with Crippen molar-refractivity contribution in [2.24, 2.45) is 0 Å². The van der Waals surface area contributed by atoms with Crippen LogP contribution in [0.3, 0.4) is 0 Å². The van der Waals surface area contributed by atoms with Crippen molar-refractivity contribution in [3.05, 3.63) is 64.7 Å². The fraction of sp³-hybridized carbons (Fsp3) is 0.318. The lowest BCUT2D eigenvalue weighted by molar-refractivity contribution is -0.139. The average Bonchev–Trinajstić information content (AvgIpc) is 2.84. The Morgan fingerprint density at radius 2 is 1.93 bits per heavy atom. The normalized spacial score (nSPS) is 16.8. The van der Waals surface area contributed by atoms with Crippen molar-refractivity contribution in [2.45, 2.75) is 19.4 Å². The molecule has 0 spiro atoms. The molecule has 2 aromatic rings. The van der Waals surface area contributed by atoms with Gasteiger partial charge in [0.1, 0.15) is 18.1 Å². The summed E-state index contributed by atoms with van der Waals surface area (Å²) in [6, 6.07) is 13.9. The molecule has 2 aliphatic rings. The molecule has 0 aromatic heterocycles. The Balaban J connectivity index is 1.84. The summed E-state index contributed by atoms with van der Waals surface area (Å²) in [4.78, 5) is 13.2. The van der Waals surface area contributed by atoms with Gasteiger partial charge in [-0.2, -0.15) is 0 Å². The highest BCUT2D eigenvalue weighted by atomic mass is 16.5. The van der Waals surface area contributed by atoms with Crippen molar-refractivity contribution >= 4 is 11.5 Å². The molecule has 1 N–H and O–H groups in total. The van der Waals surface area contributed by atoms with E-state index in [-0.39, 0.29) is 6.61 Å². The van der Waals surface area contributed by atoms with Crippen molar-refractivity contribution in [1.29, 1.82) is 0 Å². The Hall–Kier alpha value is -2.79. The lowest BCUT2D eigenvalue weighted by Gasteiger charge is -2.27. The number of rotatable bonds is 3. The summed E-state index contributed by atoms with van der Waals surface area (Å²) in [7, 11) is 2.15. The zero-order valence-corrected chi connectivity index (χ0v) is 15.4. The molecule has 0 bridgehead atoms. The number of benzene rings is 2. The van der Waals surface area contributed by atoms with Gasteiger partial charge in [-0.3, -0.25) is 0 Å². The number of hydrogen-bond acceptors (Lipinski definition) is 4. The van der Waals surface area contributed by atoms with Gasteiger partial charge in [0.05, 0.1) is 0 Å². The van der Waals surface area contributed by atoms with Crippen LogP contribution in [-0.4, -0.2) is 42.7 Å². The lowest BCUT2D eigenvalue weighted by atomic mass is 9.86. The quantitative estimate of drug-likeness (QED) is 0.901. The van der Waals surface area contributed by atoms with Gasteiger partial charge < -0.3 is 19.5 Å². The Morgan fingerprint density at radius 3 is 2.70 bits per heavy atom. The van der Waals surface area contributed by atoms with Crippen molar-refractivity contribution in [3.63, 3.8) is 0 Å². The molecule has 0 atom stereocenters. The van der Waals surface area contributed by atoms with Gasteiger partial charge in [-0.1, -0.05) is 29.8 Å². The molecule has 5 nitrogen and oxygen atoms in total. The van der Waals surface area contributed by atoms with Crippen molar-refractivity contribution in [3.8, 4) is 11.5 Å². The summed E-state index contributed by atoms with van der Waals surface area (Å²) in [5.41, 5.74) is 5.99. The summed E-state index contributed by atoms with van der Waals surface area (Å²) in [5, 5.41) is 8.91. The lowest BCUT2D eigenvalue weighted by Crippen LogP contribution is -2.27. The van der Waals surface area contributed by atoms with Crippen LogP contribution in [0.25, 0.3) is 5.57 Å². The van der Waals surface area contributed by atoms with Crippen LogP contribution < -0.4 is 9.47 Å². The fourth-order valence-corrected chi connectivity index (χ4v) is 3.78. The van der Waals surface area contributed by atoms with Crippen LogP contribution in [0.15, 0.2) is 48.0 Å². The van der Waals surface area contributed by atoms with E-state index in [1.54, 1.807) is 6.07 Å². The molecule has 27 heavy (non-hydrogen) atoms. The molecular weight excluding hydrogens is 342 g/mol. The smallest absolute Gasteiger partial charge is 0.341 e. The first-order chi connectivity index (χ1) is 13.1. The first kappa shape index (κ1) is 17.6. The third-order valence-corrected chi connectivity index (χ3v) is 5.20. The Kier molecular flexibility index (Phi) is 4.86. The largest absolute Gasteiger partial charge is 0.488 e. The van der Waals surface area contributed by atoms with E-state index in [1.807, 2.05) is 18.2 Å². The molecule has 2 heterocycles. The molecule has 0 unspecified atom stereocenters. The molecule has 4 rings (SSSR count). The minimum absolute atomic E-state index is 0.354. The van der Waals surface area contributed by atoms with Crippen molar-refractivity contribution < 1.29 is 19.4 Å². The third kappa shape index (κ3) is 3.69. The van der Waals surface area contributed by atoms with Gasteiger partial charge in [-0.25, -0.2) is 4.79 Å². The molecule has 5 heteroatoms. The van der Waals surface area contributed by atoms with Crippen molar-refractivity contribution in [1.82, 2.24) is 4.90 Å². The third-order valence-electron chi connectivity index (χ3n) is 5.20. The number of aliphatic carboxylic acids is 1. The summed E-state index contributed by atoms with van der Waals surface area (Å²) in [5.74, 6) is 0.376. The Morgan fingerprint density at radius 1 is 1.15 bits per heavy atom. The second-order valence-corrected chi connectivity index (χ2v) is 7.07. The van der Waals surface area contributed by atoms with Crippen LogP contribution in [0, 0.1) is 0 Å². The molecule has 0 aliphatic carbocycles. The fourth-order valence-electron chi connectivity index (χ4n) is 3.78. The number of nitrogens with zero attached hydrogens (tertiary/aromatic N) is 1. The first-order valence-electron chi connectivity index (χ1n) is 9.22. The van der Waals surface area contributed by atoms with Crippen LogP contribution in [0.1, 0.15) is 29.5 Å². The number of likely N-dealkylation sites (tertiary alicyclic amines) is 1. The van der Waals surface area contributed by atoms with Gasteiger partial charge in [0.25, 0.3) is 0 Å². The van der Waals surface area contributed by atoms with E-state index in [0.717, 1.165) is 37.2 Å². The minimum atomic E-state index is -0.986. The maximum Gasteiger partial charge on any atom is 0.341 e. The van der Waals surface area contributed by atoms with Crippen molar-refractivity contribution in [2.75, 3.05) is 26.7 Å². The maximum atomic E-state index is 10.9. The van der Waals surface area contributed by atoms with E-state index in [1.165, 1.54) is 22.3 Å². The molecule has 1 saturated heterocycles. The summed E-state index contributed by atoms with van der Waals surface area (Å²) in [6.07, 6.45) is 2.03. The minimum Gasteiger partial charge on any atom is -0.488 e. The Bertz CT molecular complexity index is 893. The van der Waals surface area contributed by atoms with E-state index >= 15 is 0 Å². The highest BCUT2D eigenvalue weighted by molar-refractivity contribution is 5.87. The molecule has 1 fully saturated rings. The Labute approximate surface area is 158 Å². The number of fused-ring (bicyclic) bond motifs is 2. The maximum absolute atomic E-state index is 10.9. The molecule has 2 aliphatic heterocycles. The average molecular weight is 365 g/mol. The molecule has 0 saturated carbocycles. The first-order valence-corrected chi connectivity index (χ1v) is 9.22. The number of piperidine rings is 1. The molecular formula is C22H23NO4. The topological polar surface area (TPSA) is 59.0 Å². The van der Waals surface area contributed by atoms with E-state index < -0.39 is 5.97 Å². The standard InChI is InChI=1S/C22H23NO4/c1-23-10-8-15(9-11-23)22-18-5-3-2-4-16(18)13-27-20-7-6-17(12-19(20)22)26-14-21(24)25/h2-7,12H,8-11,13-14H2,1H3,(H,24,25). The number of carboxylic acids is 1. The van der Waals surface area contributed by atoms with Crippen LogP contribution in [0.2, 0.25) is 0 Å². The second-order valence-electron chi connectivity index (χ2n) is 7.07. The van der Waals surface area contributed by atoms with Crippen LogP contribution >= 0.6 is 0 Å². The van der Waals surface area contributed by atoms with Crippen LogP contribution in [-0.2, 0) is 11.4 Å². The highest BCUT2D eigenvalue weighted by Gasteiger charge is 2.24. The molecule has 2 aromatic carbocycles. The van der Waals surface area contributed by atoms with Gasteiger partial charge in [0.15, 0.2) is 6.61 Å².